The number of rotatable bonds is 12. The Morgan fingerprint density at radius 3 is 2.29 bits per heavy atom. The van der Waals surface area contributed by atoms with Crippen LogP contribution in [-0.2, 0) is 29.5 Å². The number of hydrogen-bond donors (Lipinski definition) is 2. The summed E-state index contributed by atoms with van der Waals surface area (Å²) in [5.74, 6) is 2.16. The first-order valence-electron chi connectivity index (χ1n) is 15.7. The molecule has 4 aromatic carbocycles. The Hall–Kier alpha value is -4.85. The zero-order valence-corrected chi connectivity index (χ0v) is 28.2. The van der Waals surface area contributed by atoms with Gasteiger partial charge in [0.05, 0.1) is 35.9 Å². The number of aromatic nitrogens is 5. The van der Waals surface area contributed by atoms with Gasteiger partial charge in [0.15, 0.2) is 11.0 Å². The molecule has 246 valence electrons. The number of methoxy groups -OCH3 is 2. The summed E-state index contributed by atoms with van der Waals surface area (Å²) in [6.07, 6.45) is 3.88. The van der Waals surface area contributed by atoms with Crippen LogP contribution < -0.4 is 19.9 Å². The van der Waals surface area contributed by atoms with Gasteiger partial charge in [-0.1, -0.05) is 79.1 Å². The van der Waals surface area contributed by atoms with Gasteiger partial charge in [0.25, 0.3) is 0 Å². The number of thiazole rings is 1. The number of nitrogens with zero attached hydrogens (tertiary/aromatic N) is 5. The van der Waals surface area contributed by atoms with E-state index >= 15 is 0 Å². The number of sulfonamides is 1. The molecule has 0 amide bonds. The van der Waals surface area contributed by atoms with E-state index in [1.807, 2.05) is 78.9 Å². The van der Waals surface area contributed by atoms with Gasteiger partial charge < -0.3 is 15.2 Å². The van der Waals surface area contributed by atoms with Crippen molar-refractivity contribution >= 4 is 36.7 Å². The van der Waals surface area contributed by atoms with Crippen molar-refractivity contribution in [3.8, 4) is 34.0 Å². The Bertz CT molecular complexity index is 2180. The minimum absolute atomic E-state index is 0.0911. The zero-order valence-electron chi connectivity index (χ0n) is 26.6. The molecular weight excluding hydrogens is 647 g/mol. The molecule has 11 nitrogen and oxygen atoms in total. The van der Waals surface area contributed by atoms with E-state index in [4.69, 9.17) is 15.2 Å². The fourth-order valence-electron chi connectivity index (χ4n) is 6.12. The number of hydrogen-bond acceptors (Lipinski definition) is 10. The SMILES string of the molecule is COc1ccc(CNS(=O)(=O)c2c(CC3CCC3)ccc(-c3cccc4sc(N)nc34)c2-c2nnnn2Cc2ccc(OC)cc2)cc1. The van der Waals surface area contributed by atoms with Gasteiger partial charge in [-0.25, -0.2) is 22.8 Å². The summed E-state index contributed by atoms with van der Waals surface area (Å²) in [5.41, 5.74) is 11.1. The highest BCUT2D eigenvalue weighted by Crippen LogP contribution is 2.43. The maximum Gasteiger partial charge on any atom is 0.241 e. The standard InChI is InChI=1S/C35H35N7O4S2/c1-45-26-14-9-23(10-15-26)20-37-48(43,44)33-25(19-22-5-3-6-22)13-18-28(29-7-4-8-30-32(29)38-35(36)47-30)31(33)34-39-40-41-42(34)21-24-11-16-27(46-2)17-12-24/h4,7-18,22,37H,3,5-6,19-21H2,1-2H3,(H2,36,38). The summed E-state index contributed by atoms with van der Waals surface area (Å²) in [7, 11) is -0.903. The number of anilines is 1. The minimum atomic E-state index is -4.12. The molecule has 1 aliphatic rings. The van der Waals surface area contributed by atoms with E-state index in [1.54, 1.807) is 18.9 Å². The third kappa shape index (κ3) is 6.36. The monoisotopic (exact) mass is 681 g/mol. The van der Waals surface area contributed by atoms with Crippen LogP contribution in [0.25, 0.3) is 32.7 Å². The summed E-state index contributed by atoms with van der Waals surface area (Å²) >= 11 is 1.38. The molecule has 0 aliphatic heterocycles. The first-order valence-corrected chi connectivity index (χ1v) is 18.0. The number of nitrogens with one attached hydrogen (secondary N) is 1. The lowest BCUT2D eigenvalue weighted by molar-refractivity contribution is 0.313. The molecule has 0 unspecified atom stereocenters. The van der Waals surface area contributed by atoms with Crippen LogP contribution in [0.5, 0.6) is 11.5 Å². The van der Waals surface area contributed by atoms with Gasteiger partial charge >= 0.3 is 0 Å². The van der Waals surface area contributed by atoms with Crippen molar-refractivity contribution in [2.75, 3.05) is 20.0 Å². The van der Waals surface area contributed by atoms with Crippen molar-refractivity contribution in [1.82, 2.24) is 29.9 Å². The number of fused-ring (bicyclic) bond motifs is 1. The Labute approximate surface area is 282 Å². The Kier molecular flexibility index (Phi) is 8.82. The molecule has 1 fully saturated rings. The van der Waals surface area contributed by atoms with Crippen molar-refractivity contribution < 1.29 is 17.9 Å². The number of tetrazole rings is 1. The fourth-order valence-corrected chi connectivity index (χ4v) is 8.35. The maximum absolute atomic E-state index is 14.7. The van der Waals surface area contributed by atoms with Crippen LogP contribution in [0.1, 0.15) is 36.0 Å². The minimum Gasteiger partial charge on any atom is -0.497 e. The van der Waals surface area contributed by atoms with Crippen LogP contribution in [0.3, 0.4) is 0 Å². The summed E-state index contributed by atoms with van der Waals surface area (Å²) in [6.45, 7) is 0.402. The topological polar surface area (TPSA) is 147 Å². The number of nitrogens with two attached hydrogens (primary N) is 1. The quantitative estimate of drug-likeness (QED) is 0.157. The molecule has 2 aromatic heterocycles. The molecule has 0 spiro atoms. The molecule has 0 saturated heterocycles. The van der Waals surface area contributed by atoms with Crippen molar-refractivity contribution in [3.63, 3.8) is 0 Å². The zero-order chi connectivity index (χ0) is 33.3. The average molecular weight is 682 g/mol. The summed E-state index contributed by atoms with van der Waals surface area (Å²) in [6, 6.07) is 24.7. The van der Waals surface area contributed by atoms with Crippen LogP contribution in [-0.4, -0.2) is 47.8 Å². The molecule has 1 aliphatic carbocycles. The van der Waals surface area contributed by atoms with E-state index in [-0.39, 0.29) is 11.4 Å². The first-order chi connectivity index (χ1) is 23.3. The lowest BCUT2D eigenvalue weighted by Gasteiger charge is -2.27. The highest BCUT2D eigenvalue weighted by atomic mass is 32.2. The molecular formula is C35H35N7O4S2. The largest absolute Gasteiger partial charge is 0.497 e. The van der Waals surface area contributed by atoms with E-state index in [2.05, 4.69) is 25.2 Å². The molecule has 6 aromatic rings. The second-order valence-electron chi connectivity index (χ2n) is 11.9. The summed E-state index contributed by atoms with van der Waals surface area (Å²) in [4.78, 5) is 4.82. The van der Waals surface area contributed by atoms with Crippen molar-refractivity contribution in [3.05, 3.63) is 95.6 Å². The Morgan fingerprint density at radius 1 is 0.917 bits per heavy atom. The van der Waals surface area contributed by atoms with Gasteiger partial charge in [0.1, 0.15) is 11.5 Å². The average Bonchev–Trinajstić information content (AvgIpc) is 3.71. The van der Waals surface area contributed by atoms with E-state index in [0.717, 1.165) is 52.0 Å². The van der Waals surface area contributed by atoms with Gasteiger partial charge in [-0.05, 0) is 75.4 Å². The second-order valence-corrected chi connectivity index (χ2v) is 14.6. The highest BCUT2D eigenvalue weighted by Gasteiger charge is 2.32. The van der Waals surface area contributed by atoms with E-state index < -0.39 is 10.0 Å². The summed E-state index contributed by atoms with van der Waals surface area (Å²) < 4.78 is 45.4. The Balaban J connectivity index is 1.42. The van der Waals surface area contributed by atoms with E-state index in [0.29, 0.717) is 52.2 Å². The third-order valence-electron chi connectivity index (χ3n) is 8.84. The number of nitrogen functional groups attached to an aromatic ring is 1. The fraction of sp³-hybridized carbons (Fsp3) is 0.257. The molecule has 48 heavy (non-hydrogen) atoms. The van der Waals surface area contributed by atoms with Crippen LogP contribution in [0.4, 0.5) is 5.13 Å². The molecule has 0 atom stereocenters. The molecule has 1 saturated carbocycles. The molecule has 13 heteroatoms. The Morgan fingerprint density at radius 2 is 1.62 bits per heavy atom. The van der Waals surface area contributed by atoms with Gasteiger partial charge in [0.2, 0.25) is 10.0 Å². The van der Waals surface area contributed by atoms with Crippen LogP contribution in [0.2, 0.25) is 0 Å². The number of benzene rings is 4. The first kappa shape index (κ1) is 31.7. The smallest absolute Gasteiger partial charge is 0.241 e. The van der Waals surface area contributed by atoms with E-state index in [9.17, 15) is 8.42 Å². The third-order valence-corrected chi connectivity index (χ3v) is 11.2. The molecule has 3 N–H and O–H groups in total. The molecule has 0 radical (unpaired) electrons. The van der Waals surface area contributed by atoms with Gasteiger partial charge in [-0.15, -0.1) is 5.10 Å². The van der Waals surface area contributed by atoms with Crippen LogP contribution >= 0.6 is 11.3 Å². The normalized spacial score (nSPS) is 13.5. The van der Waals surface area contributed by atoms with Crippen LogP contribution in [0, 0.1) is 5.92 Å². The van der Waals surface area contributed by atoms with E-state index in [1.165, 1.54) is 11.3 Å². The van der Waals surface area contributed by atoms with Gasteiger partial charge in [-0.3, -0.25) is 0 Å². The van der Waals surface area contributed by atoms with Crippen molar-refractivity contribution in [2.45, 2.75) is 43.7 Å². The molecule has 7 rings (SSSR count). The lowest BCUT2D eigenvalue weighted by atomic mass is 9.80. The number of para-hydroxylation sites is 1. The van der Waals surface area contributed by atoms with Crippen LogP contribution in [0.15, 0.2) is 83.8 Å². The summed E-state index contributed by atoms with van der Waals surface area (Å²) in [5, 5.41) is 13.3. The molecule has 0 bridgehead atoms. The van der Waals surface area contributed by atoms with Crippen molar-refractivity contribution in [2.24, 2.45) is 5.92 Å². The maximum atomic E-state index is 14.7. The predicted molar refractivity (Wildman–Crippen MR) is 186 cm³/mol. The number of ether oxygens (including phenoxy) is 2. The van der Waals surface area contributed by atoms with Gasteiger partial charge in [0, 0.05) is 17.7 Å². The van der Waals surface area contributed by atoms with Crippen molar-refractivity contribution in [1.29, 1.82) is 0 Å². The predicted octanol–water partition coefficient (Wildman–Crippen LogP) is 6.09. The lowest BCUT2D eigenvalue weighted by Crippen LogP contribution is -2.27. The molecule has 2 heterocycles. The second kappa shape index (κ2) is 13.3. The van der Waals surface area contributed by atoms with Gasteiger partial charge in [-0.2, -0.15) is 0 Å². The highest BCUT2D eigenvalue weighted by molar-refractivity contribution is 7.89.